The molecule has 0 bridgehead atoms. The van der Waals surface area contributed by atoms with Crippen molar-refractivity contribution in [3.63, 3.8) is 0 Å². The molecule has 0 N–H and O–H groups in total. The van der Waals surface area contributed by atoms with E-state index < -0.39 is 0 Å². The van der Waals surface area contributed by atoms with Gasteiger partial charge in [-0.3, -0.25) is 4.79 Å². The van der Waals surface area contributed by atoms with Crippen LogP contribution in [-0.4, -0.2) is 54.4 Å². The van der Waals surface area contributed by atoms with E-state index in [1.54, 1.807) is 15.9 Å². The Labute approximate surface area is 225 Å². The highest BCUT2D eigenvalue weighted by atomic mass is 32.1. The Balaban J connectivity index is 1.51. The molecule has 0 radical (unpaired) electrons. The van der Waals surface area contributed by atoms with Crippen LogP contribution in [0.1, 0.15) is 57.2 Å². The minimum absolute atomic E-state index is 0.0699. The van der Waals surface area contributed by atoms with Crippen LogP contribution in [0.5, 0.6) is 5.88 Å². The molecular weight excluding hydrogens is 482 g/mol. The molecule has 0 spiro atoms. The van der Waals surface area contributed by atoms with Gasteiger partial charge in [0.15, 0.2) is 0 Å². The molecule has 1 atom stereocenters. The first-order valence-corrected chi connectivity index (χ1v) is 14.8. The summed E-state index contributed by atoms with van der Waals surface area (Å²) in [5, 5.41) is 0.819. The van der Waals surface area contributed by atoms with Crippen LogP contribution in [0.2, 0.25) is 0 Å². The predicted molar refractivity (Wildman–Crippen MR) is 154 cm³/mol. The number of aromatic nitrogens is 2. The molecule has 3 aromatic rings. The normalized spacial score (nSPS) is 15.5. The van der Waals surface area contributed by atoms with E-state index in [1.807, 2.05) is 31.6 Å². The minimum atomic E-state index is 0.0699. The quantitative estimate of drug-likeness (QED) is 0.268. The van der Waals surface area contributed by atoms with Crippen molar-refractivity contribution in [1.82, 2.24) is 14.5 Å². The summed E-state index contributed by atoms with van der Waals surface area (Å²) in [5.74, 6) is 1.80. The summed E-state index contributed by atoms with van der Waals surface area (Å²) < 4.78 is 14.3. The fraction of sp³-hybridized carbons (Fsp3) is 0.600. The number of rotatable bonds is 13. The maximum absolute atomic E-state index is 13.1. The first-order valence-electron chi connectivity index (χ1n) is 14.0. The summed E-state index contributed by atoms with van der Waals surface area (Å²) in [4.78, 5) is 21.2. The van der Waals surface area contributed by atoms with Crippen molar-refractivity contribution in [3.05, 3.63) is 45.8 Å². The zero-order chi connectivity index (χ0) is 26.2. The van der Waals surface area contributed by atoms with Crippen LogP contribution >= 0.6 is 11.3 Å². The van der Waals surface area contributed by atoms with Gasteiger partial charge >= 0.3 is 0 Å². The zero-order valence-corrected chi connectivity index (χ0v) is 23.8. The molecular formula is C30H43N3O3S. The maximum atomic E-state index is 13.1. The third-order valence-corrected chi connectivity index (χ3v) is 8.77. The average molecular weight is 526 g/mol. The van der Waals surface area contributed by atoms with Gasteiger partial charge in [-0.15, -0.1) is 11.3 Å². The second kappa shape index (κ2) is 13.5. The highest BCUT2D eigenvalue weighted by Gasteiger charge is 2.18. The third kappa shape index (κ3) is 7.43. The molecule has 1 saturated heterocycles. The van der Waals surface area contributed by atoms with Crippen LogP contribution in [0.3, 0.4) is 0 Å². The lowest BCUT2D eigenvalue weighted by molar-refractivity contribution is 0.0490. The van der Waals surface area contributed by atoms with Crippen LogP contribution < -0.4 is 10.3 Å². The van der Waals surface area contributed by atoms with Crippen LogP contribution in [0.15, 0.2) is 35.4 Å². The van der Waals surface area contributed by atoms with E-state index in [-0.39, 0.29) is 5.56 Å². The molecule has 4 heterocycles. The van der Waals surface area contributed by atoms with Gasteiger partial charge in [0, 0.05) is 53.9 Å². The summed E-state index contributed by atoms with van der Waals surface area (Å²) in [7, 11) is 4.06. The zero-order valence-electron chi connectivity index (χ0n) is 23.0. The number of pyridine rings is 2. The van der Waals surface area contributed by atoms with Crippen molar-refractivity contribution in [2.24, 2.45) is 18.9 Å². The number of hydrogen-bond donors (Lipinski definition) is 0. The van der Waals surface area contributed by atoms with Gasteiger partial charge in [0.2, 0.25) is 5.88 Å². The third-order valence-electron chi connectivity index (χ3n) is 7.58. The molecule has 3 aromatic heterocycles. The average Bonchev–Trinajstić information content (AvgIpc) is 3.34. The van der Waals surface area contributed by atoms with E-state index in [0.717, 1.165) is 73.2 Å². The number of hydrogen-bond acceptors (Lipinski definition) is 6. The molecule has 7 heteroatoms. The molecule has 0 amide bonds. The lowest BCUT2D eigenvalue weighted by Gasteiger charge is -2.21. The molecule has 4 rings (SSSR count). The lowest BCUT2D eigenvalue weighted by atomic mass is 9.95. The van der Waals surface area contributed by atoms with Gasteiger partial charge in [0.25, 0.3) is 5.56 Å². The Kier molecular flexibility index (Phi) is 10.2. The molecule has 1 aliphatic heterocycles. The standard InChI is InChI=1S/C30H43N3O3S/c1-5-13-32(3)14-7-8-22(6-2)17-25-19-26-29(37-25)27(20-33(4)30(26)34)24-9-12-31-28(18-24)36-21-23-10-15-35-16-11-23/h9,12,18-20,22-23H,5-8,10-11,13-17,21H2,1-4H3. The summed E-state index contributed by atoms with van der Waals surface area (Å²) in [6.07, 6.45) is 11.7. The van der Waals surface area contributed by atoms with Crippen molar-refractivity contribution < 1.29 is 9.47 Å². The van der Waals surface area contributed by atoms with Crippen molar-refractivity contribution in [1.29, 1.82) is 0 Å². The van der Waals surface area contributed by atoms with Gasteiger partial charge in [0.1, 0.15) is 0 Å². The van der Waals surface area contributed by atoms with Crippen molar-refractivity contribution in [2.45, 2.75) is 58.8 Å². The Morgan fingerprint density at radius 1 is 1.24 bits per heavy atom. The summed E-state index contributed by atoms with van der Waals surface area (Å²) in [6.45, 7) is 9.13. The van der Waals surface area contributed by atoms with Crippen LogP contribution in [0.4, 0.5) is 0 Å². The fourth-order valence-corrected chi connectivity index (χ4v) is 6.55. The molecule has 1 aliphatic rings. The fourth-order valence-electron chi connectivity index (χ4n) is 5.26. The topological polar surface area (TPSA) is 56.6 Å². The van der Waals surface area contributed by atoms with E-state index in [4.69, 9.17) is 9.47 Å². The number of fused-ring (bicyclic) bond motifs is 1. The predicted octanol–water partition coefficient (Wildman–Crippen LogP) is 6.16. The van der Waals surface area contributed by atoms with E-state index in [0.29, 0.717) is 24.3 Å². The second-order valence-electron chi connectivity index (χ2n) is 10.6. The summed E-state index contributed by atoms with van der Waals surface area (Å²) in [6, 6.07) is 6.17. The Bertz CT molecular complexity index is 1200. The molecule has 1 fully saturated rings. The molecule has 37 heavy (non-hydrogen) atoms. The summed E-state index contributed by atoms with van der Waals surface area (Å²) in [5.41, 5.74) is 2.18. The van der Waals surface area contributed by atoms with Crippen LogP contribution in [0.25, 0.3) is 21.2 Å². The van der Waals surface area contributed by atoms with Gasteiger partial charge in [0.05, 0.1) is 12.0 Å². The largest absolute Gasteiger partial charge is 0.477 e. The maximum Gasteiger partial charge on any atom is 0.259 e. The molecule has 1 unspecified atom stereocenters. The van der Waals surface area contributed by atoms with E-state index in [9.17, 15) is 4.79 Å². The van der Waals surface area contributed by atoms with Crippen LogP contribution in [-0.2, 0) is 18.2 Å². The van der Waals surface area contributed by atoms with E-state index in [1.165, 1.54) is 24.1 Å². The molecule has 0 saturated carbocycles. The smallest absolute Gasteiger partial charge is 0.259 e. The number of thiophene rings is 1. The van der Waals surface area contributed by atoms with E-state index in [2.05, 4.69) is 36.8 Å². The first-order chi connectivity index (χ1) is 18.0. The van der Waals surface area contributed by atoms with Crippen LogP contribution in [0, 0.1) is 11.8 Å². The number of ether oxygens (including phenoxy) is 2. The van der Waals surface area contributed by atoms with Gasteiger partial charge in [-0.2, -0.15) is 0 Å². The Morgan fingerprint density at radius 3 is 2.81 bits per heavy atom. The SMILES string of the molecule is CCCN(C)CCCC(CC)Cc1cc2c(=O)n(C)cc(-c3ccnc(OCC4CCOCC4)c3)c2s1. The van der Waals surface area contributed by atoms with Crippen molar-refractivity contribution >= 4 is 21.4 Å². The molecule has 6 nitrogen and oxygen atoms in total. The molecule has 202 valence electrons. The first kappa shape index (κ1) is 27.8. The lowest BCUT2D eigenvalue weighted by Crippen LogP contribution is -2.21. The Hall–Kier alpha value is -2.22. The minimum Gasteiger partial charge on any atom is -0.477 e. The Morgan fingerprint density at radius 2 is 2.05 bits per heavy atom. The van der Waals surface area contributed by atoms with Crippen molar-refractivity contribution in [3.8, 4) is 17.0 Å². The van der Waals surface area contributed by atoms with Gasteiger partial charge in [-0.1, -0.05) is 20.3 Å². The number of aryl methyl sites for hydroxylation is 1. The number of nitrogens with zero attached hydrogens (tertiary/aromatic N) is 3. The van der Waals surface area contributed by atoms with Crippen molar-refractivity contribution in [2.75, 3.05) is 40.0 Å². The second-order valence-corrected chi connectivity index (χ2v) is 11.7. The molecule has 0 aromatic carbocycles. The molecule has 0 aliphatic carbocycles. The van der Waals surface area contributed by atoms with Gasteiger partial charge in [-0.05, 0) is 88.2 Å². The summed E-state index contributed by atoms with van der Waals surface area (Å²) >= 11 is 1.78. The highest BCUT2D eigenvalue weighted by molar-refractivity contribution is 7.19. The van der Waals surface area contributed by atoms with Gasteiger partial charge in [-0.25, -0.2) is 4.98 Å². The van der Waals surface area contributed by atoms with Gasteiger partial charge < -0.3 is 18.9 Å². The van der Waals surface area contributed by atoms with E-state index >= 15 is 0 Å². The highest BCUT2D eigenvalue weighted by Crippen LogP contribution is 2.35. The monoisotopic (exact) mass is 525 g/mol.